The molecule has 7 heteroatoms. The zero-order valence-corrected chi connectivity index (χ0v) is 11.8. The van der Waals surface area contributed by atoms with Crippen molar-refractivity contribution in [3.63, 3.8) is 0 Å². The van der Waals surface area contributed by atoms with E-state index in [1.165, 1.54) is 6.07 Å². The topological polar surface area (TPSA) is 110 Å². The van der Waals surface area contributed by atoms with Gasteiger partial charge in [0.05, 0.1) is 12.0 Å². The Balaban J connectivity index is 2.02. The van der Waals surface area contributed by atoms with Gasteiger partial charge in [-0.1, -0.05) is 0 Å². The first-order chi connectivity index (χ1) is 10.3. The summed E-state index contributed by atoms with van der Waals surface area (Å²) in [5, 5.41) is 18.9. The molecule has 2 aliphatic rings. The number of ketones is 1. The number of carbonyl (C=O) groups excluding carboxylic acids is 2. The quantitative estimate of drug-likeness (QED) is 0.797. The molecule has 2 N–H and O–H groups in total. The number of carboxylic acid groups (broad SMARTS) is 1. The van der Waals surface area contributed by atoms with Crippen LogP contribution in [0.4, 0.5) is 0 Å². The molecule has 0 bridgehead atoms. The molecular formula is C15H14O7. The Bertz CT molecular complexity index is 693. The van der Waals surface area contributed by atoms with Crippen LogP contribution in [0.1, 0.15) is 46.9 Å². The number of cyclic esters (lactones) is 1. The number of benzene rings is 1. The molecule has 1 saturated heterocycles. The fourth-order valence-electron chi connectivity index (χ4n) is 2.91. The van der Waals surface area contributed by atoms with Crippen LogP contribution in [0.3, 0.4) is 0 Å². The molecule has 116 valence electrons. The molecule has 0 radical (unpaired) electrons. The molecule has 3 rings (SSSR count). The van der Waals surface area contributed by atoms with E-state index in [1.54, 1.807) is 6.92 Å². The van der Waals surface area contributed by atoms with Crippen molar-refractivity contribution >= 4 is 17.7 Å². The van der Waals surface area contributed by atoms with Gasteiger partial charge in [-0.15, -0.1) is 0 Å². The number of hydrogen-bond acceptors (Lipinski definition) is 6. The van der Waals surface area contributed by atoms with Crippen molar-refractivity contribution in [1.82, 2.24) is 0 Å². The van der Waals surface area contributed by atoms with Crippen molar-refractivity contribution in [2.24, 2.45) is 0 Å². The number of aromatic hydroxyl groups is 1. The molecular weight excluding hydrogens is 292 g/mol. The zero-order valence-electron chi connectivity index (χ0n) is 11.8. The van der Waals surface area contributed by atoms with Crippen LogP contribution >= 0.6 is 0 Å². The first-order valence-corrected chi connectivity index (χ1v) is 6.82. The number of carboxylic acids is 1. The molecule has 1 aromatic rings. The van der Waals surface area contributed by atoms with E-state index in [0.29, 0.717) is 6.42 Å². The number of ether oxygens (including phenoxy) is 2. The molecule has 0 aliphatic carbocycles. The van der Waals surface area contributed by atoms with Crippen molar-refractivity contribution in [1.29, 1.82) is 0 Å². The molecule has 2 heterocycles. The summed E-state index contributed by atoms with van der Waals surface area (Å²) in [5.41, 5.74) is -1.29. The van der Waals surface area contributed by atoms with E-state index in [9.17, 15) is 19.5 Å². The molecule has 0 aromatic heterocycles. The highest BCUT2D eigenvalue weighted by molar-refractivity contribution is 6.04. The second kappa shape index (κ2) is 4.72. The Labute approximate surface area is 125 Å². The van der Waals surface area contributed by atoms with Crippen molar-refractivity contribution in [2.75, 3.05) is 0 Å². The number of fused-ring (bicyclic) bond motifs is 1. The van der Waals surface area contributed by atoms with Gasteiger partial charge in [-0.2, -0.15) is 0 Å². The van der Waals surface area contributed by atoms with E-state index in [0.717, 1.165) is 6.07 Å². The Hall–Kier alpha value is -2.57. The Morgan fingerprint density at radius 2 is 2.09 bits per heavy atom. The van der Waals surface area contributed by atoms with Crippen LogP contribution in [0.5, 0.6) is 11.5 Å². The number of phenols is 1. The Morgan fingerprint density at radius 3 is 2.68 bits per heavy atom. The molecule has 2 aliphatic heterocycles. The maximum atomic E-state index is 12.3. The molecule has 0 amide bonds. The number of aromatic carboxylic acids is 1. The van der Waals surface area contributed by atoms with E-state index in [1.807, 2.05) is 0 Å². The van der Waals surface area contributed by atoms with Gasteiger partial charge in [0, 0.05) is 6.42 Å². The molecule has 7 nitrogen and oxygen atoms in total. The minimum absolute atomic E-state index is 0.000834. The highest BCUT2D eigenvalue weighted by Crippen LogP contribution is 2.42. The first-order valence-electron chi connectivity index (χ1n) is 6.82. The van der Waals surface area contributed by atoms with Crippen LogP contribution in [0.2, 0.25) is 0 Å². The number of carbonyl (C=O) groups is 3. The SMILES string of the molecule is C[C@]1([C@@H]2CCC(=O)O2)CC(=O)c2c(O)cc(C(=O)O)cc2O1. The van der Waals surface area contributed by atoms with Crippen LogP contribution in [0.25, 0.3) is 0 Å². The summed E-state index contributed by atoms with van der Waals surface area (Å²) in [6.45, 7) is 1.64. The van der Waals surface area contributed by atoms with Gasteiger partial charge < -0.3 is 19.7 Å². The minimum Gasteiger partial charge on any atom is -0.507 e. The summed E-state index contributed by atoms with van der Waals surface area (Å²) in [4.78, 5) is 34.7. The third-order valence-electron chi connectivity index (χ3n) is 4.03. The van der Waals surface area contributed by atoms with Gasteiger partial charge in [-0.05, 0) is 25.5 Å². The predicted molar refractivity (Wildman–Crippen MR) is 72.2 cm³/mol. The van der Waals surface area contributed by atoms with E-state index >= 15 is 0 Å². The lowest BCUT2D eigenvalue weighted by molar-refractivity contribution is -0.149. The van der Waals surface area contributed by atoms with E-state index in [2.05, 4.69) is 0 Å². The maximum Gasteiger partial charge on any atom is 0.335 e. The van der Waals surface area contributed by atoms with Crippen molar-refractivity contribution in [3.05, 3.63) is 23.3 Å². The summed E-state index contributed by atoms with van der Waals surface area (Å²) >= 11 is 0. The third-order valence-corrected chi connectivity index (χ3v) is 4.03. The van der Waals surface area contributed by atoms with Gasteiger partial charge in [-0.25, -0.2) is 4.79 Å². The fraction of sp³-hybridized carbons (Fsp3) is 0.400. The summed E-state index contributed by atoms with van der Waals surface area (Å²) in [7, 11) is 0. The number of rotatable bonds is 2. The molecule has 1 fully saturated rings. The van der Waals surface area contributed by atoms with Crippen LogP contribution < -0.4 is 4.74 Å². The molecule has 1 aromatic carbocycles. The van der Waals surface area contributed by atoms with Gasteiger partial charge in [0.2, 0.25) is 0 Å². The van der Waals surface area contributed by atoms with Gasteiger partial charge in [-0.3, -0.25) is 9.59 Å². The molecule has 0 saturated carbocycles. The summed E-state index contributed by atoms with van der Waals surface area (Å²) in [6, 6.07) is 2.21. The average Bonchev–Trinajstić information content (AvgIpc) is 2.84. The fourth-order valence-corrected chi connectivity index (χ4v) is 2.91. The van der Waals surface area contributed by atoms with E-state index in [4.69, 9.17) is 14.6 Å². The number of Topliss-reactive ketones (excluding diaryl/α,β-unsaturated/α-hetero) is 1. The summed E-state index contributed by atoms with van der Waals surface area (Å²) < 4.78 is 11.0. The largest absolute Gasteiger partial charge is 0.507 e. The van der Waals surface area contributed by atoms with E-state index < -0.39 is 23.4 Å². The third kappa shape index (κ3) is 2.18. The monoisotopic (exact) mass is 306 g/mol. The Kier molecular flexibility index (Phi) is 3.09. The standard InChI is InChI=1S/C15H14O7/c1-15(11-2-3-12(18)21-11)6-9(17)13-8(16)4-7(14(19)20)5-10(13)22-15/h4-5,11,16H,2-3,6H2,1H3,(H,19,20)/t11-,15+/m0/s1. The van der Waals surface area contributed by atoms with Crippen LogP contribution in [-0.2, 0) is 9.53 Å². The van der Waals surface area contributed by atoms with Gasteiger partial charge in [0.1, 0.15) is 23.2 Å². The van der Waals surface area contributed by atoms with Crippen LogP contribution in [0.15, 0.2) is 12.1 Å². The lowest BCUT2D eigenvalue weighted by atomic mass is 9.85. The molecule has 0 spiro atoms. The van der Waals surface area contributed by atoms with Gasteiger partial charge in [0.25, 0.3) is 0 Å². The lowest BCUT2D eigenvalue weighted by Gasteiger charge is -2.38. The van der Waals surface area contributed by atoms with Crippen LogP contribution in [-0.4, -0.2) is 39.6 Å². The average molecular weight is 306 g/mol. The summed E-state index contributed by atoms with van der Waals surface area (Å²) in [5.74, 6) is -2.39. The Morgan fingerprint density at radius 1 is 1.36 bits per heavy atom. The number of phenolic OH excluding ortho intramolecular Hbond substituents is 1. The van der Waals surface area contributed by atoms with Gasteiger partial charge in [0.15, 0.2) is 11.4 Å². The lowest BCUT2D eigenvalue weighted by Crippen LogP contribution is -2.49. The number of esters is 1. The van der Waals surface area contributed by atoms with Crippen molar-refractivity contribution < 1.29 is 34.1 Å². The number of hydrogen-bond donors (Lipinski definition) is 2. The highest BCUT2D eigenvalue weighted by Gasteiger charge is 2.48. The first kappa shape index (κ1) is 14.4. The minimum atomic E-state index is -1.24. The molecule has 22 heavy (non-hydrogen) atoms. The predicted octanol–water partition coefficient (Wildman–Crippen LogP) is 1.52. The molecule has 0 unspecified atom stereocenters. The van der Waals surface area contributed by atoms with E-state index in [-0.39, 0.29) is 41.5 Å². The van der Waals surface area contributed by atoms with Crippen molar-refractivity contribution in [2.45, 2.75) is 37.9 Å². The summed E-state index contributed by atoms with van der Waals surface area (Å²) in [6.07, 6.45) is 0.0543. The second-order valence-corrected chi connectivity index (χ2v) is 5.71. The zero-order chi connectivity index (χ0) is 16.1. The normalized spacial score (nSPS) is 27.0. The second-order valence-electron chi connectivity index (χ2n) is 5.71. The highest BCUT2D eigenvalue weighted by atomic mass is 16.6. The smallest absolute Gasteiger partial charge is 0.335 e. The van der Waals surface area contributed by atoms with Crippen LogP contribution in [0, 0.1) is 0 Å². The molecule has 2 atom stereocenters. The maximum absolute atomic E-state index is 12.3. The van der Waals surface area contributed by atoms with Gasteiger partial charge >= 0.3 is 11.9 Å². The van der Waals surface area contributed by atoms with Crippen molar-refractivity contribution in [3.8, 4) is 11.5 Å².